The third-order valence-electron chi connectivity index (χ3n) is 3.74. The molecule has 0 bridgehead atoms. The summed E-state index contributed by atoms with van der Waals surface area (Å²) in [6.07, 6.45) is 2.72. The summed E-state index contributed by atoms with van der Waals surface area (Å²) in [5.41, 5.74) is 1.44. The lowest BCUT2D eigenvalue weighted by Crippen LogP contribution is -2.16. The highest BCUT2D eigenvalue weighted by Gasteiger charge is 2.17. The molecule has 1 unspecified atom stereocenters. The molecular formula is C18H18N2O4S. The Hall–Kier alpha value is -2.54. The predicted octanol–water partition coefficient (Wildman–Crippen LogP) is 3.00. The summed E-state index contributed by atoms with van der Waals surface area (Å²) in [7, 11) is 1.32. The minimum atomic E-state index is -0.418. The summed E-state index contributed by atoms with van der Waals surface area (Å²) in [4.78, 5) is 27.9. The number of ether oxygens (including phenoxy) is 2. The van der Waals surface area contributed by atoms with E-state index in [1.807, 2.05) is 11.8 Å². The van der Waals surface area contributed by atoms with E-state index in [1.165, 1.54) is 13.3 Å². The van der Waals surface area contributed by atoms with Crippen LogP contribution in [0.1, 0.15) is 27.1 Å². The van der Waals surface area contributed by atoms with Gasteiger partial charge in [0.25, 0.3) is 5.91 Å². The number of esters is 1. The summed E-state index contributed by atoms with van der Waals surface area (Å²) in [5, 5.41) is 2.76. The van der Waals surface area contributed by atoms with Crippen molar-refractivity contribution in [1.29, 1.82) is 0 Å². The first-order valence-electron chi connectivity index (χ1n) is 7.86. The van der Waals surface area contributed by atoms with E-state index < -0.39 is 5.97 Å². The number of nitrogens with one attached hydrogen (secondary N) is 1. The first kappa shape index (κ1) is 17.3. The lowest BCUT2D eigenvalue weighted by atomic mass is 10.2. The zero-order chi connectivity index (χ0) is 17.6. The van der Waals surface area contributed by atoms with Gasteiger partial charge in [-0.25, -0.2) is 9.78 Å². The molecule has 1 saturated heterocycles. The number of carbonyl (C=O) groups is 2. The van der Waals surface area contributed by atoms with Crippen LogP contribution in [-0.2, 0) is 4.74 Å². The molecular weight excluding hydrogens is 340 g/mol. The van der Waals surface area contributed by atoms with Crippen LogP contribution in [0.2, 0.25) is 0 Å². The highest BCUT2D eigenvalue weighted by molar-refractivity contribution is 7.99. The molecule has 1 aromatic heterocycles. The van der Waals surface area contributed by atoms with E-state index in [-0.39, 0.29) is 12.0 Å². The number of benzene rings is 1. The lowest BCUT2D eigenvalue weighted by molar-refractivity contribution is 0.0600. The minimum Gasteiger partial charge on any atom is -0.473 e. The number of hydrogen-bond acceptors (Lipinski definition) is 6. The number of methoxy groups -OCH3 is 1. The highest BCUT2D eigenvalue weighted by Crippen LogP contribution is 2.22. The maximum absolute atomic E-state index is 12.3. The van der Waals surface area contributed by atoms with E-state index in [2.05, 4.69) is 15.0 Å². The van der Waals surface area contributed by atoms with E-state index in [0.29, 0.717) is 22.7 Å². The van der Waals surface area contributed by atoms with Gasteiger partial charge in [0.2, 0.25) is 5.88 Å². The van der Waals surface area contributed by atoms with Crippen molar-refractivity contribution in [3.05, 3.63) is 53.7 Å². The quantitative estimate of drug-likeness (QED) is 0.828. The summed E-state index contributed by atoms with van der Waals surface area (Å²) >= 11 is 1.87. The highest BCUT2D eigenvalue weighted by atomic mass is 32.2. The molecule has 1 atom stereocenters. The van der Waals surface area contributed by atoms with Crippen LogP contribution >= 0.6 is 11.8 Å². The molecule has 2 heterocycles. The third-order valence-corrected chi connectivity index (χ3v) is 4.87. The average Bonchev–Trinajstić information content (AvgIpc) is 3.15. The Bertz CT molecular complexity index is 741. The summed E-state index contributed by atoms with van der Waals surface area (Å²) < 4.78 is 10.4. The number of aromatic nitrogens is 1. The second kappa shape index (κ2) is 8.02. The fourth-order valence-electron chi connectivity index (χ4n) is 2.37. The molecule has 3 rings (SSSR count). The van der Waals surface area contributed by atoms with Crippen LogP contribution in [0.15, 0.2) is 42.6 Å². The monoisotopic (exact) mass is 358 g/mol. The predicted molar refractivity (Wildman–Crippen MR) is 96.3 cm³/mol. The van der Waals surface area contributed by atoms with E-state index in [4.69, 9.17) is 4.74 Å². The normalized spacial score (nSPS) is 16.3. The molecule has 6 nitrogen and oxygen atoms in total. The maximum Gasteiger partial charge on any atom is 0.337 e. The molecule has 0 radical (unpaired) electrons. The standard InChI is InChI=1S/C18H18N2O4S/c1-23-18(22)12-2-5-14(6-3-12)20-17(21)13-4-7-16(19-10-13)24-15-8-9-25-11-15/h2-7,10,15H,8-9,11H2,1H3,(H,20,21). The van der Waals surface area contributed by atoms with E-state index >= 15 is 0 Å². The van der Waals surface area contributed by atoms with Crippen molar-refractivity contribution in [1.82, 2.24) is 4.98 Å². The molecule has 1 aliphatic rings. The average molecular weight is 358 g/mol. The second-order valence-electron chi connectivity index (χ2n) is 5.51. The summed E-state index contributed by atoms with van der Waals surface area (Å²) in [6, 6.07) is 9.87. The van der Waals surface area contributed by atoms with E-state index in [9.17, 15) is 9.59 Å². The molecule has 7 heteroatoms. The Kier molecular flexibility index (Phi) is 5.55. The molecule has 0 spiro atoms. The molecule has 0 aliphatic carbocycles. The van der Waals surface area contributed by atoms with Crippen molar-refractivity contribution in [2.24, 2.45) is 0 Å². The Balaban J connectivity index is 1.59. The van der Waals surface area contributed by atoms with Crippen LogP contribution in [-0.4, -0.2) is 41.6 Å². The number of anilines is 1. The molecule has 1 N–H and O–H groups in total. The summed E-state index contributed by atoms with van der Waals surface area (Å²) in [5.74, 6) is 1.93. The molecule has 1 amide bonds. The molecule has 25 heavy (non-hydrogen) atoms. The number of hydrogen-bond donors (Lipinski definition) is 1. The number of nitrogens with zero attached hydrogens (tertiary/aromatic N) is 1. The van der Waals surface area contributed by atoms with Crippen LogP contribution < -0.4 is 10.1 Å². The minimum absolute atomic E-state index is 0.200. The van der Waals surface area contributed by atoms with Gasteiger partial charge in [-0.15, -0.1) is 0 Å². The smallest absolute Gasteiger partial charge is 0.337 e. The molecule has 0 saturated carbocycles. The lowest BCUT2D eigenvalue weighted by Gasteiger charge is -2.11. The fourth-order valence-corrected chi connectivity index (χ4v) is 3.47. The van der Waals surface area contributed by atoms with Crippen LogP contribution in [0.4, 0.5) is 5.69 Å². The van der Waals surface area contributed by atoms with Crippen molar-refractivity contribution in [3.63, 3.8) is 0 Å². The van der Waals surface area contributed by atoms with Gasteiger partial charge in [0.05, 0.1) is 18.2 Å². The van der Waals surface area contributed by atoms with Crippen LogP contribution in [0.25, 0.3) is 0 Å². The molecule has 1 aromatic carbocycles. The number of amides is 1. The van der Waals surface area contributed by atoms with Crippen molar-refractivity contribution in [2.45, 2.75) is 12.5 Å². The van der Waals surface area contributed by atoms with Crippen LogP contribution in [0.5, 0.6) is 5.88 Å². The SMILES string of the molecule is COC(=O)c1ccc(NC(=O)c2ccc(OC3CCSC3)nc2)cc1. The molecule has 1 fully saturated rings. The Labute approximate surface area is 149 Å². The van der Waals surface area contributed by atoms with Gasteiger partial charge in [0.15, 0.2) is 0 Å². The summed E-state index contributed by atoms with van der Waals surface area (Å²) in [6.45, 7) is 0. The van der Waals surface area contributed by atoms with Gasteiger partial charge in [-0.3, -0.25) is 4.79 Å². The van der Waals surface area contributed by atoms with Gasteiger partial charge in [-0.1, -0.05) is 0 Å². The fraction of sp³-hybridized carbons (Fsp3) is 0.278. The van der Waals surface area contributed by atoms with Gasteiger partial charge >= 0.3 is 5.97 Å². The van der Waals surface area contributed by atoms with Crippen molar-refractivity contribution < 1.29 is 19.1 Å². The number of thioether (sulfide) groups is 1. The van der Waals surface area contributed by atoms with Crippen molar-refractivity contribution in [3.8, 4) is 5.88 Å². The first-order valence-corrected chi connectivity index (χ1v) is 9.01. The van der Waals surface area contributed by atoms with Crippen LogP contribution in [0.3, 0.4) is 0 Å². The Morgan fingerprint density at radius 2 is 1.92 bits per heavy atom. The Morgan fingerprint density at radius 3 is 2.52 bits per heavy atom. The Morgan fingerprint density at radius 1 is 1.16 bits per heavy atom. The van der Waals surface area contributed by atoms with E-state index in [1.54, 1.807) is 36.4 Å². The maximum atomic E-state index is 12.3. The van der Waals surface area contributed by atoms with Gasteiger partial charge in [-0.2, -0.15) is 11.8 Å². The zero-order valence-electron chi connectivity index (χ0n) is 13.7. The largest absolute Gasteiger partial charge is 0.473 e. The number of pyridine rings is 1. The molecule has 2 aromatic rings. The topological polar surface area (TPSA) is 77.5 Å². The van der Waals surface area contributed by atoms with Crippen molar-refractivity contribution >= 4 is 29.3 Å². The molecule has 1 aliphatic heterocycles. The third kappa shape index (κ3) is 4.51. The number of carbonyl (C=O) groups excluding carboxylic acids is 2. The second-order valence-corrected chi connectivity index (χ2v) is 6.66. The van der Waals surface area contributed by atoms with Crippen LogP contribution in [0, 0.1) is 0 Å². The number of rotatable bonds is 5. The van der Waals surface area contributed by atoms with Gasteiger partial charge in [0, 0.05) is 23.7 Å². The van der Waals surface area contributed by atoms with Crippen molar-refractivity contribution in [2.75, 3.05) is 23.9 Å². The van der Waals surface area contributed by atoms with Gasteiger partial charge in [-0.05, 0) is 42.5 Å². The molecule has 130 valence electrons. The van der Waals surface area contributed by atoms with Gasteiger partial charge in [0.1, 0.15) is 6.10 Å². The first-order chi connectivity index (χ1) is 12.2. The van der Waals surface area contributed by atoms with E-state index in [0.717, 1.165) is 17.9 Å². The van der Waals surface area contributed by atoms with Gasteiger partial charge < -0.3 is 14.8 Å². The zero-order valence-corrected chi connectivity index (χ0v) is 14.5.